The molecule has 0 unspecified atom stereocenters. The summed E-state index contributed by atoms with van der Waals surface area (Å²) in [5.74, 6) is 0.218. The first-order valence-corrected chi connectivity index (χ1v) is 6.72. The smallest absolute Gasteiger partial charge is 0.457 e. The summed E-state index contributed by atoms with van der Waals surface area (Å²) in [4.78, 5) is 23.1. The van der Waals surface area contributed by atoms with Crippen molar-refractivity contribution < 1.29 is 24.0 Å². The monoisotopic (exact) mass is 295 g/mol. The average Bonchev–Trinajstić information content (AvgIpc) is 3.00. The fourth-order valence-corrected chi connectivity index (χ4v) is 2.62. The van der Waals surface area contributed by atoms with Crippen LogP contribution >= 0.6 is 0 Å². The molecule has 0 aliphatic carbocycles. The third-order valence-electron chi connectivity index (χ3n) is 3.72. The van der Waals surface area contributed by atoms with Crippen molar-refractivity contribution in [1.82, 2.24) is 5.32 Å². The summed E-state index contributed by atoms with van der Waals surface area (Å²) in [5, 5.41) is 11.8. The van der Waals surface area contributed by atoms with Crippen LogP contribution in [-0.2, 0) is 11.3 Å². The molecule has 0 aromatic heterocycles. The van der Waals surface area contributed by atoms with Gasteiger partial charge in [0.05, 0.1) is 17.7 Å². The van der Waals surface area contributed by atoms with Crippen LogP contribution in [0.4, 0.5) is 0 Å². The second-order valence-corrected chi connectivity index (χ2v) is 5.12. The molecule has 7 heteroatoms. The Morgan fingerprint density at radius 2 is 1.77 bits per heavy atom. The van der Waals surface area contributed by atoms with Crippen molar-refractivity contribution in [3.63, 3.8) is 0 Å². The molecular weight excluding hydrogens is 285 g/mol. The van der Waals surface area contributed by atoms with Crippen LogP contribution in [0.5, 0.6) is 11.5 Å². The molecule has 2 aliphatic rings. The van der Waals surface area contributed by atoms with Gasteiger partial charge in [-0.05, 0) is 41.4 Å². The number of ether oxygens (including phenoxy) is 1. The molecule has 2 heterocycles. The summed E-state index contributed by atoms with van der Waals surface area (Å²) in [6.45, 7) is 0.328. The number of carbonyl (C=O) groups excluding carboxylic acids is 2. The predicted molar refractivity (Wildman–Crippen MR) is 77.2 cm³/mol. The lowest BCUT2D eigenvalue weighted by atomic mass is 9.80. The summed E-state index contributed by atoms with van der Waals surface area (Å²) >= 11 is 0. The van der Waals surface area contributed by atoms with E-state index in [-0.39, 0.29) is 0 Å². The maximum atomic E-state index is 11.6. The molecule has 2 aliphatic heterocycles. The van der Waals surface area contributed by atoms with E-state index in [4.69, 9.17) is 9.39 Å². The Labute approximate surface area is 125 Å². The lowest BCUT2D eigenvalue weighted by molar-refractivity contribution is 0.0879. The topological polar surface area (TPSA) is 84.9 Å². The molecule has 0 atom stereocenters. The molecule has 0 bridgehead atoms. The number of amides is 2. The molecule has 4 rings (SSSR count). The number of nitrogens with one attached hydrogen (secondary N) is 1. The normalized spacial score (nSPS) is 15.6. The van der Waals surface area contributed by atoms with Crippen molar-refractivity contribution in [1.29, 1.82) is 0 Å². The van der Waals surface area contributed by atoms with E-state index in [1.165, 1.54) is 6.07 Å². The Hall–Kier alpha value is -2.64. The highest BCUT2D eigenvalue weighted by Crippen LogP contribution is 2.27. The van der Waals surface area contributed by atoms with Crippen molar-refractivity contribution in [2.75, 3.05) is 0 Å². The van der Waals surface area contributed by atoms with Crippen LogP contribution in [0.1, 0.15) is 26.3 Å². The molecule has 2 amide bonds. The van der Waals surface area contributed by atoms with Crippen molar-refractivity contribution in [2.45, 2.75) is 6.61 Å². The molecule has 2 N–H and O–H groups in total. The summed E-state index contributed by atoms with van der Waals surface area (Å²) in [5.41, 5.74) is 2.25. The highest BCUT2D eigenvalue weighted by Gasteiger charge is 2.28. The standard InChI is InChI=1S/C15H10BNO5/c18-14-11-3-1-10(6-12(11)15(19)17-14)22-9-2-4-13-8(5-9)7-21-16(13)20/h1-6,20H,7H2,(H,17,18,19). The molecule has 0 spiro atoms. The summed E-state index contributed by atoms with van der Waals surface area (Å²) < 4.78 is 10.8. The maximum absolute atomic E-state index is 11.6. The van der Waals surface area contributed by atoms with E-state index in [1.807, 2.05) is 0 Å². The summed E-state index contributed by atoms with van der Waals surface area (Å²) in [7, 11) is -0.890. The third-order valence-corrected chi connectivity index (χ3v) is 3.72. The molecule has 0 fully saturated rings. The van der Waals surface area contributed by atoms with Gasteiger partial charge in [-0.25, -0.2) is 0 Å². The molecular formula is C15H10BNO5. The predicted octanol–water partition coefficient (Wildman–Crippen LogP) is 0.580. The number of hydrogen-bond donors (Lipinski definition) is 2. The van der Waals surface area contributed by atoms with E-state index in [0.29, 0.717) is 29.2 Å². The van der Waals surface area contributed by atoms with Gasteiger partial charge in [0, 0.05) is 0 Å². The summed E-state index contributed by atoms with van der Waals surface area (Å²) in [6, 6.07) is 9.97. The number of rotatable bonds is 2. The van der Waals surface area contributed by atoms with Gasteiger partial charge in [-0.2, -0.15) is 0 Å². The van der Waals surface area contributed by atoms with Crippen molar-refractivity contribution in [3.8, 4) is 11.5 Å². The molecule has 0 saturated heterocycles. The Bertz CT molecular complexity index is 820. The Morgan fingerprint density at radius 3 is 2.64 bits per heavy atom. The molecule has 0 saturated carbocycles. The first-order valence-electron chi connectivity index (χ1n) is 6.72. The molecule has 0 radical (unpaired) electrons. The zero-order chi connectivity index (χ0) is 15.3. The minimum atomic E-state index is -0.890. The zero-order valence-electron chi connectivity index (χ0n) is 11.3. The molecule has 6 nitrogen and oxygen atoms in total. The number of fused-ring (bicyclic) bond motifs is 2. The lowest BCUT2D eigenvalue weighted by Crippen LogP contribution is -2.27. The van der Waals surface area contributed by atoms with Crippen LogP contribution in [-0.4, -0.2) is 24.0 Å². The molecule has 2 aromatic carbocycles. The Balaban J connectivity index is 1.64. The van der Waals surface area contributed by atoms with Crippen LogP contribution in [0.2, 0.25) is 0 Å². The van der Waals surface area contributed by atoms with Gasteiger partial charge in [0.25, 0.3) is 11.8 Å². The van der Waals surface area contributed by atoms with E-state index < -0.39 is 18.9 Å². The average molecular weight is 295 g/mol. The Kier molecular flexibility index (Phi) is 2.78. The lowest BCUT2D eigenvalue weighted by Gasteiger charge is -2.08. The van der Waals surface area contributed by atoms with Crippen LogP contribution in [0.25, 0.3) is 0 Å². The van der Waals surface area contributed by atoms with E-state index in [9.17, 15) is 14.6 Å². The highest BCUT2D eigenvalue weighted by atomic mass is 16.5. The first kappa shape index (κ1) is 13.1. The van der Waals surface area contributed by atoms with Gasteiger partial charge >= 0.3 is 7.12 Å². The number of carbonyl (C=O) groups is 2. The number of benzene rings is 2. The van der Waals surface area contributed by atoms with Crippen LogP contribution in [0.15, 0.2) is 36.4 Å². The number of imide groups is 1. The van der Waals surface area contributed by atoms with E-state index in [0.717, 1.165) is 11.0 Å². The second kappa shape index (κ2) is 4.69. The third kappa shape index (κ3) is 1.99. The van der Waals surface area contributed by atoms with Crippen LogP contribution < -0.4 is 15.5 Å². The maximum Gasteiger partial charge on any atom is 0.491 e. The van der Waals surface area contributed by atoms with Crippen molar-refractivity contribution >= 4 is 24.4 Å². The minimum absolute atomic E-state index is 0.308. The van der Waals surface area contributed by atoms with E-state index >= 15 is 0 Å². The van der Waals surface area contributed by atoms with Gasteiger partial charge in [0.15, 0.2) is 0 Å². The highest BCUT2D eigenvalue weighted by molar-refractivity contribution is 6.61. The van der Waals surface area contributed by atoms with Gasteiger partial charge in [-0.3, -0.25) is 14.9 Å². The molecule has 108 valence electrons. The zero-order valence-corrected chi connectivity index (χ0v) is 11.3. The van der Waals surface area contributed by atoms with Crippen LogP contribution in [0.3, 0.4) is 0 Å². The largest absolute Gasteiger partial charge is 0.491 e. The van der Waals surface area contributed by atoms with Crippen molar-refractivity contribution in [2.24, 2.45) is 0 Å². The van der Waals surface area contributed by atoms with E-state index in [2.05, 4.69) is 5.32 Å². The van der Waals surface area contributed by atoms with Gasteiger partial charge in [-0.1, -0.05) is 6.07 Å². The second-order valence-electron chi connectivity index (χ2n) is 5.12. The summed E-state index contributed by atoms with van der Waals surface area (Å²) in [6.07, 6.45) is 0. The van der Waals surface area contributed by atoms with E-state index in [1.54, 1.807) is 30.3 Å². The minimum Gasteiger partial charge on any atom is -0.457 e. The fraction of sp³-hybridized carbons (Fsp3) is 0.0667. The molecule has 2 aromatic rings. The fourth-order valence-electron chi connectivity index (χ4n) is 2.62. The SMILES string of the molecule is O=C1NC(=O)c2cc(Oc3ccc4c(c3)COB4O)ccc21. The van der Waals surface area contributed by atoms with Crippen LogP contribution in [0, 0.1) is 0 Å². The van der Waals surface area contributed by atoms with Gasteiger partial charge in [-0.15, -0.1) is 0 Å². The first-order chi connectivity index (χ1) is 10.6. The van der Waals surface area contributed by atoms with Crippen molar-refractivity contribution in [3.05, 3.63) is 53.1 Å². The number of hydrogen-bond acceptors (Lipinski definition) is 5. The quantitative estimate of drug-likeness (QED) is 0.625. The van der Waals surface area contributed by atoms with Gasteiger partial charge in [0.1, 0.15) is 11.5 Å². The molecule has 22 heavy (non-hydrogen) atoms. The van der Waals surface area contributed by atoms with Gasteiger partial charge in [0.2, 0.25) is 0 Å². The van der Waals surface area contributed by atoms with Gasteiger partial charge < -0.3 is 14.4 Å². The Morgan fingerprint density at radius 1 is 1.05 bits per heavy atom.